The molecule has 1 aliphatic heterocycles. The van der Waals surface area contributed by atoms with E-state index in [-0.39, 0.29) is 23.4 Å². The molecule has 2 atom stereocenters. The smallest absolute Gasteiger partial charge is 0.243 e. The summed E-state index contributed by atoms with van der Waals surface area (Å²) in [5.74, 6) is 0.0556. The predicted molar refractivity (Wildman–Crippen MR) is 114 cm³/mol. The maximum absolute atomic E-state index is 13.2. The van der Waals surface area contributed by atoms with Crippen LogP contribution in [-0.2, 0) is 14.8 Å². The molecule has 0 bridgehead atoms. The number of piperidine rings is 1. The Morgan fingerprint density at radius 3 is 2.52 bits per heavy atom. The van der Waals surface area contributed by atoms with E-state index in [0.29, 0.717) is 30.9 Å². The highest BCUT2D eigenvalue weighted by atomic mass is 32.2. The van der Waals surface area contributed by atoms with E-state index in [1.807, 2.05) is 6.92 Å². The Labute approximate surface area is 182 Å². The Hall–Kier alpha value is -2.65. The summed E-state index contributed by atoms with van der Waals surface area (Å²) in [7, 11) is -0.678. The van der Waals surface area contributed by atoms with E-state index in [4.69, 9.17) is 9.47 Å². The van der Waals surface area contributed by atoms with Gasteiger partial charge in [-0.05, 0) is 62.2 Å². The largest absolute Gasteiger partial charge is 0.497 e. The molecule has 2 aromatic rings. The van der Waals surface area contributed by atoms with E-state index in [0.717, 1.165) is 17.7 Å². The van der Waals surface area contributed by atoms with E-state index >= 15 is 0 Å². The van der Waals surface area contributed by atoms with E-state index in [2.05, 4.69) is 5.32 Å². The summed E-state index contributed by atoms with van der Waals surface area (Å²) in [4.78, 5) is 13.0. The quantitative estimate of drug-likeness (QED) is 0.701. The molecule has 0 saturated carbocycles. The first kappa shape index (κ1) is 23.0. The number of ether oxygens (including phenoxy) is 2. The minimum absolute atomic E-state index is 0.0180. The lowest BCUT2D eigenvalue weighted by atomic mass is 9.97. The van der Waals surface area contributed by atoms with Gasteiger partial charge in [-0.25, -0.2) is 12.8 Å². The first-order valence-electron chi connectivity index (χ1n) is 10.0. The third-order valence-corrected chi connectivity index (χ3v) is 7.35. The van der Waals surface area contributed by atoms with Crippen LogP contribution >= 0.6 is 0 Å². The molecule has 0 spiro atoms. The van der Waals surface area contributed by atoms with Crippen LogP contribution < -0.4 is 14.8 Å². The summed E-state index contributed by atoms with van der Waals surface area (Å²) in [6.45, 7) is 2.24. The molecular weight excluding hydrogens is 423 g/mol. The van der Waals surface area contributed by atoms with Crippen molar-refractivity contribution < 1.29 is 27.1 Å². The highest BCUT2D eigenvalue weighted by Gasteiger charge is 2.34. The van der Waals surface area contributed by atoms with E-state index in [1.54, 1.807) is 32.4 Å². The zero-order valence-corrected chi connectivity index (χ0v) is 18.6. The number of methoxy groups -OCH3 is 2. The van der Waals surface area contributed by atoms with Crippen molar-refractivity contribution in [1.82, 2.24) is 9.62 Å². The second kappa shape index (κ2) is 9.65. The Bertz CT molecular complexity index is 1030. The molecule has 0 unspecified atom stereocenters. The Morgan fingerprint density at radius 2 is 1.87 bits per heavy atom. The van der Waals surface area contributed by atoms with Crippen molar-refractivity contribution in [1.29, 1.82) is 0 Å². The van der Waals surface area contributed by atoms with Crippen molar-refractivity contribution in [2.45, 2.75) is 30.7 Å². The van der Waals surface area contributed by atoms with Gasteiger partial charge in [0.25, 0.3) is 0 Å². The molecule has 2 aromatic carbocycles. The first-order valence-corrected chi connectivity index (χ1v) is 11.5. The number of amides is 1. The van der Waals surface area contributed by atoms with Crippen LogP contribution in [0.5, 0.6) is 11.5 Å². The molecule has 1 saturated heterocycles. The highest BCUT2D eigenvalue weighted by Crippen LogP contribution is 2.30. The van der Waals surface area contributed by atoms with Gasteiger partial charge in [0, 0.05) is 18.7 Å². The second-order valence-corrected chi connectivity index (χ2v) is 9.43. The van der Waals surface area contributed by atoms with Crippen LogP contribution in [0.4, 0.5) is 4.39 Å². The van der Waals surface area contributed by atoms with Gasteiger partial charge in [0.2, 0.25) is 15.9 Å². The lowest BCUT2D eigenvalue weighted by Gasteiger charge is -2.32. The molecule has 7 nitrogen and oxygen atoms in total. The molecule has 168 valence electrons. The van der Waals surface area contributed by atoms with E-state index < -0.39 is 21.8 Å². The van der Waals surface area contributed by atoms with Gasteiger partial charge < -0.3 is 14.8 Å². The summed E-state index contributed by atoms with van der Waals surface area (Å²) in [6.07, 6.45) is 1.15. The molecule has 9 heteroatoms. The van der Waals surface area contributed by atoms with Crippen molar-refractivity contribution in [3.8, 4) is 11.5 Å². The topological polar surface area (TPSA) is 84.9 Å². The highest BCUT2D eigenvalue weighted by molar-refractivity contribution is 7.89. The number of rotatable bonds is 7. The zero-order chi connectivity index (χ0) is 22.6. The number of carbonyl (C=O) groups excluding carboxylic acids is 1. The third kappa shape index (κ3) is 5.16. The molecule has 0 aromatic heterocycles. The van der Waals surface area contributed by atoms with Crippen molar-refractivity contribution in [3.05, 3.63) is 53.8 Å². The van der Waals surface area contributed by atoms with Gasteiger partial charge in [-0.2, -0.15) is 4.31 Å². The lowest BCUT2D eigenvalue weighted by molar-refractivity contribution is -0.126. The van der Waals surface area contributed by atoms with Crippen LogP contribution in [0.3, 0.4) is 0 Å². The molecule has 1 N–H and O–H groups in total. The maximum atomic E-state index is 13.2. The Morgan fingerprint density at radius 1 is 1.16 bits per heavy atom. The summed E-state index contributed by atoms with van der Waals surface area (Å²) in [5, 5.41) is 2.97. The van der Waals surface area contributed by atoms with E-state index in [1.165, 1.54) is 16.4 Å². The average molecular weight is 451 g/mol. The van der Waals surface area contributed by atoms with Gasteiger partial charge >= 0.3 is 0 Å². The molecule has 0 radical (unpaired) electrons. The number of carbonyl (C=O) groups is 1. The molecular formula is C22H27FN2O5S. The molecule has 1 fully saturated rings. The second-order valence-electron chi connectivity index (χ2n) is 7.49. The van der Waals surface area contributed by atoms with Crippen LogP contribution in [0.25, 0.3) is 0 Å². The molecule has 1 heterocycles. The van der Waals surface area contributed by atoms with Crippen molar-refractivity contribution in [3.63, 3.8) is 0 Å². The maximum Gasteiger partial charge on any atom is 0.243 e. The molecule has 3 rings (SSSR count). The minimum atomic E-state index is -3.80. The van der Waals surface area contributed by atoms with Gasteiger partial charge in [0.15, 0.2) is 0 Å². The molecule has 1 aliphatic rings. The molecule has 1 amide bonds. The normalized spacial score (nSPS) is 18.3. The fourth-order valence-corrected chi connectivity index (χ4v) is 5.24. The predicted octanol–water partition coefficient (Wildman–Crippen LogP) is 3.12. The van der Waals surface area contributed by atoms with Crippen LogP contribution in [0, 0.1) is 11.7 Å². The van der Waals surface area contributed by atoms with Crippen LogP contribution in [0.1, 0.15) is 31.4 Å². The number of halogens is 1. The van der Waals surface area contributed by atoms with Gasteiger partial charge in [-0.1, -0.05) is 0 Å². The van der Waals surface area contributed by atoms with Gasteiger partial charge in [-0.3, -0.25) is 4.79 Å². The molecule has 31 heavy (non-hydrogen) atoms. The van der Waals surface area contributed by atoms with E-state index in [9.17, 15) is 17.6 Å². The minimum Gasteiger partial charge on any atom is -0.497 e. The fraction of sp³-hybridized carbons (Fsp3) is 0.409. The number of hydrogen-bond donors (Lipinski definition) is 1. The fourth-order valence-electron chi connectivity index (χ4n) is 3.72. The zero-order valence-electron chi connectivity index (χ0n) is 17.8. The lowest BCUT2D eigenvalue weighted by Crippen LogP contribution is -2.45. The standard InChI is InChI=1S/C22H27FN2O5S/c1-15(20-13-18(29-2)8-11-21(20)30-3)24-22(26)16-5-4-12-25(14-16)31(27,28)19-9-6-17(23)7-10-19/h6-11,13,15-16H,4-5,12,14H2,1-3H3,(H,24,26)/t15-,16+/m0/s1. The number of nitrogens with zero attached hydrogens (tertiary/aromatic N) is 1. The van der Waals surface area contributed by atoms with Crippen molar-refractivity contribution in [2.75, 3.05) is 27.3 Å². The van der Waals surface area contributed by atoms with Crippen LogP contribution in [0.2, 0.25) is 0 Å². The monoisotopic (exact) mass is 450 g/mol. The number of nitrogens with one attached hydrogen (secondary N) is 1. The van der Waals surface area contributed by atoms with Crippen LogP contribution in [0.15, 0.2) is 47.4 Å². The number of benzene rings is 2. The van der Waals surface area contributed by atoms with Gasteiger partial charge in [0.05, 0.1) is 31.1 Å². The summed E-state index contributed by atoms with van der Waals surface area (Å²) in [6, 6.07) is 9.70. The van der Waals surface area contributed by atoms with Crippen LogP contribution in [-0.4, -0.2) is 45.9 Å². The Kier molecular flexibility index (Phi) is 7.17. The summed E-state index contributed by atoms with van der Waals surface area (Å²) < 4.78 is 50.9. The average Bonchev–Trinajstić information content (AvgIpc) is 2.78. The van der Waals surface area contributed by atoms with Gasteiger partial charge in [0.1, 0.15) is 17.3 Å². The number of sulfonamides is 1. The Balaban J connectivity index is 1.72. The summed E-state index contributed by atoms with van der Waals surface area (Å²) in [5.41, 5.74) is 0.766. The van der Waals surface area contributed by atoms with Gasteiger partial charge in [-0.15, -0.1) is 0 Å². The third-order valence-electron chi connectivity index (χ3n) is 5.47. The molecule has 0 aliphatic carbocycles. The first-order chi connectivity index (χ1) is 14.8. The summed E-state index contributed by atoms with van der Waals surface area (Å²) >= 11 is 0. The SMILES string of the molecule is COc1ccc(OC)c([C@H](C)NC(=O)[C@@H]2CCCN(S(=O)(=O)c3ccc(F)cc3)C2)c1. The number of hydrogen-bond acceptors (Lipinski definition) is 5. The van der Waals surface area contributed by atoms with Crippen molar-refractivity contribution >= 4 is 15.9 Å². The van der Waals surface area contributed by atoms with Crippen molar-refractivity contribution in [2.24, 2.45) is 5.92 Å².